The van der Waals surface area contributed by atoms with Gasteiger partial charge < -0.3 is 9.79 Å². The number of hydrogen-bond donors (Lipinski definition) is 4. The molecule has 0 spiro atoms. The molecule has 0 aliphatic rings. The molecule has 8 heteroatoms. The lowest BCUT2D eigenvalue weighted by atomic mass is 10.1. The van der Waals surface area contributed by atoms with Gasteiger partial charge in [-0.2, -0.15) is 0 Å². The van der Waals surface area contributed by atoms with Crippen molar-refractivity contribution in [1.82, 2.24) is 0 Å². The molecule has 0 rings (SSSR count). The molecule has 0 unspecified atom stereocenters. The van der Waals surface area contributed by atoms with Crippen LogP contribution in [0.4, 0.5) is 0 Å². The lowest BCUT2D eigenvalue weighted by molar-refractivity contribution is 0.370. The van der Waals surface area contributed by atoms with Crippen molar-refractivity contribution in [3.8, 4) is 0 Å². The summed E-state index contributed by atoms with van der Waals surface area (Å²) >= 11 is 0. The maximum atomic E-state index is 10.4. The van der Waals surface area contributed by atoms with Gasteiger partial charge >= 0.3 is 15.9 Å². The minimum absolute atomic E-state index is 0.0547. The van der Waals surface area contributed by atoms with Crippen LogP contribution in [0.2, 0.25) is 0 Å². The number of hydrogen-bond acceptors (Lipinski definition) is 2. The summed E-state index contributed by atoms with van der Waals surface area (Å²) in [7, 11) is -6.59. The van der Waals surface area contributed by atoms with Crippen molar-refractivity contribution in [3.63, 3.8) is 0 Å². The molecule has 0 radical (unpaired) electrons. The molecule has 0 atom stereocenters. The molecule has 6 nitrogen and oxygen atoms in total. The number of unbranched alkanes of at least 4 members (excludes halogenated alkanes) is 5. The minimum atomic E-state index is -3.72. The van der Waals surface area contributed by atoms with Gasteiger partial charge in [0.2, 0.25) is 0 Å². The van der Waals surface area contributed by atoms with E-state index in [0.29, 0.717) is 6.42 Å². The highest BCUT2D eigenvalue weighted by Gasteiger charge is 2.10. The van der Waals surface area contributed by atoms with Crippen LogP contribution in [0.1, 0.15) is 45.4 Å². The summed E-state index contributed by atoms with van der Waals surface area (Å²) < 4.78 is 19.1. The van der Waals surface area contributed by atoms with Gasteiger partial charge in [0.25, 0.3) is 0 Å². The average Bonchev–Trinajstić information content (AvgIpc) is 2.08. The van der Waals surface area contributed by atoms with Crippen molar-refractivity contribution >= 4 is 15.9 Å². The summed E-state index contributed by atoms with van der Waals surface area (Å²) in [5, 5.41) is 0. The molecule has 4 N–H and O–H groups in total. The highest BCUT2D eigenvalue weighted by molar-refractivity contribution is 7.51. The van der Waals surface area contributed by atoms with Gasteiger partial charge in [-0.1, -0.05) is 39.0 Å². The molecule has 98 valence electrons. The smallest absolute Gasteiger partial charge is 0.324 e. The first-order chi connectivity index (χ1) is 7.29. The predicted molar refractivity (Wildman–Crippen MR) is 62.3 cm³/mol. The first kappa shape index (κ1) is 18.5. The van der Waals surface area contributed by atoms with Gasteiger partial charge in [-0.25, -0.2) is 0 Å². The van der Waals surface area contributed by atoms with Crippen molar-refractivity contribution in [2.45, 2.75) is 45.4 Å². The predicted octanol–water partition coefficient (Wildman–Crippen LogP) is 2.15. The molecule has 0 amide bonds. The molecule has 0 fully saturated rings. The van der Waals surface area contributed by atoms with Crippen LogP contribution in [0.15, 0.2) is 0 Å². The zero-order chi connectivity index (χ0) is 13.0. The van der Waals surface area contributed by atoms with Crippen molar-refractivity contribution in [3.05, 3.63) is 0 Å². The topological polar surface area (TPSA) is 115 Å². The maximum absolute atomic E-state index is 10.4. The molecule has 0 saturated carbocycles. The van der Waals surface area contributed by atoms with Gasteiger partial charge in [-0.15, -0.1) is 9.79 Å². The van der Waals surface area contributed by atoms with E-state index >= 15 is 0 Å². The molecule has 0 aromatic carbocycles. The Morgan fingerprint density at radius 2 is 1.38 bits per heavy atom. The van der Waals surface area contributed by atoms with Crippen LogP contribution in [0.5, 0.6) is 0 Å². The highest BCUT2D eigenvalue weighted by Crippen LogP contribution is 2.35. The summed E-state index contributed by atoms with van der Waals surface area (Å²) in [5.74, 6) is 0. The fraction of sp³-hybridized carbons (Fsp3) is 1.00. The second-order valence-electron chi connectivity index (χ2n) is 3.41. The SMILES string of the molecule is CCCCCCCCP(=O)(O)O.O=[P+](O)O. The summed E-state index contributed by atoms with van der Waals surface area (Å²) in [6.45, 7) is 2.15. The molecule has 16 heavy (non-hydrogen) atoms. The summed E-state index contributed by atoms with van der Waals surface area (Å²) in [5.41, 5.74) is 0. The minimum Gasteiger partial charge on any atom is -0.324 e. The van der Waals surface area contributed by atoms with Crippen LogP contribution in [0.3, 0.4) is 0 Å². The van der Waals surface area contributed by atoms with E-state index in [2.05, 4.69) is 6.92 Å². The summed E-state index contributed by atoms with van der Waals surface area (Å²) in [6.07, 6.45) is 6.40. The zero-order valence-corrected chi connectivity index (χ0v) is 11.2. The molecule has 0 saturated heterocycles. The fourth-order valence-electron chi connectivity index (χ4n) is 1.10. The average molecular weight is 275 g/mol. The fourth-order valence-corrected chi connectivity index (χ4v) is 1.73. The van der Waals surface area contributed by atoms with Crippen LogP contribution < -0.4 is 0 Å². The molecule has 0 aromatic rings. The Labute approximate surface area is 96.8 Å². The molecule has 0 aromatic heterocycles. The Balaban J connectivity index is 0. The van der Waals surface area contributed by atoms with E-state index in [-0.39, 0.29) is 6.16 Å². The second-order valence-corrected chi connectivity index (χ2v) is 5.69. The van der Waals surface area contributed by atoms with E-state index in [9.17, 15) is 4.57 Å². The monoisotopic (exact) mass is 275 g/mol. The molecular weight excluding hydrogens is 254 g/mol. The van der Waals surface area contributed by atoms with Crippen LogP contribution in [0, 0.1) is 0 Å². The molecule has 0 aliphatic heterocycles. The second kappa shape index (κ2) is 11.6. The van der Waals surface area contributed by atoms with E-state index in [1.807, 2.05) is 0 Å². The molecule has 0 bridgehead atoms. The van der Waals surface area contributed by atoms with Crippen molar-refractivity contribution in [2.75, 3.05) is 6.16 Å². The van der Waals surface area contributed by atoms with Crippen LogP contribution in [-0.4, -0.2) is 25.7 Å². The zero-order valence-electron chi connectivity index (χ0n) is 9.45. The summed E-state index contributed by atoms with van der Waals surface area (Å²) in [6, 6.07) is 0. The third-order valence-corrected chi connectivity index (χ3v) is 2.70. The first-order valence-electron chi connectivity index (χ1n) is 5.19. The number of rotatable bonds is 7. The Morgan fingerprint density at radius 1 is 1.00 bits per heavy atom. The Morgan fingerprint density at radius 3 is 1.75 bits per heavy atom. The van der Waals surface area contributed by atoms with Crippen LogP contribution in [-0.2, 0) is 9.13 Å². The van der Waals surface area contributed by atoms with Gasteiger partial charge in [0.15, 0.2) is 0 Å². The van der Waals surface area contributed by atoms with Gasteiger partial charge in [0, 0.05) is 10.7 Å². The highest BCUT2D eigenvalue weighted by atomic mass is 31.2. The standard InChI is InChI=1S/C8H19O3P.HO3P/c1-2-3-4-5-6-7-8-12(9,10)11;1-4(2)3/h2-8H2,1H3,(H2,9,10,11);(H-,1,2,3)/p+1. The largest absolute Gasteiger partial charge is 0.692 e. The van der Waals surface area contributed by atoms with Crippen LogP contribution >= 0.6 is 15.9 Å². The molecular formula is C8H21O6P2+. The lowest BCUT2D eigenvalue weighted by Gasteiger charge is -2.02. The van der Waals surface area contributed by atoms with Gasteiger partial charge in [0.05, 0.1) is 0 Å². The normalized spacial score (nSPS) is 10.6. The van der Waals surface area contributed by atoms with Gasteiger partial charge in [-0.05, 0) is 6.42 Å². The van der Waals surface area contributed by atoms with E-state index in [0.717, 1.165) is 12.8 Å². The third-order valence-electron chi connectivity index (χ3n) is 1.80. The lowest BCUT2D eigenvalue weighted by Crippen LogP contribution is -1.88. The van der Waals surface area contributed by atoms with Crippen LogP contribution in [0.25, 0.3) is 0 Å². The maximum Gasteiger partial charge on any atom is 0.692 e. The quantitative estimate of drug-likeness (QED) is 0.418. The van der Waals surface area contributed by atoms with E-state index in [4.69, 9.17) is 24.1 Å². The summed E-state index contributed by atoms with van der Waals surface area (Å²) in [4.78, 5) is 31.3. The molecule has 0 heterocycles. The Hall–Kier alpha value is 0.170. The van der Waals surface area contributed by atoms with Crippen molar-refractivity contribution < 1.29 is 28.7 Å². The van der Waals surface area contributed by atoms with Crippen molar-refractivity contribution in [2.24, 2.45) is 0 Å². The van der Waals surface area contributed by atoms with E-state index < -0.39 is 15.9 Å². The van der Waals surface area contributed by atoms with Gasteiger partial charge in [-0.3, -0.25) is 4.57 Å². The van der Waals surface area contributed by atoms with E-state index in [1.165, 1.54) is 19.3 Å². The third kappa shape index (κ3) is 29.2. The molecule has 0 aliphatic carbocycles. The van der Waals surface area contributed by atoms with Crippen molar-refractivity contribution in [1.29, 1.82) is 0 Å². The first-order valence-corrected chi connectivity index (χ1v) is 8.15. The van der Waals surface area contributed by atoms with Gasteiger partial charge in [0.1, 0.15) is 0 Å². The Bertz CT molecular complexity index is 211. The Kier molecular flexibility index (Phi) is 13.5. The van der Waals surface area contributed by atoms with E-state index in [1.54, 1.807) is 0 Å².